The minimum atomic E-state index is -3.15. The van der Waals surface area contributed by atoms with Crippen LogP contribution in [0.3, 0.4) is 0 Å². The molecule has 0 aliphatic carbocycles. The van der Waals surface area contributed by atoms with Gasteiger partial charge in [-0.3, -0.25) is 4.79 Å². The van der Waals surface area contributed by atoms with Crippen molar-refractivity contribution in [3.63, 3.8) is 0 Å². The molecule has 31 heavy (non-hydrogen) atoms. The molecule has 3 rings (SSSR count). The van der Waals surface area contributed by atoms with Crippen LogP contribution in [0.2, 0.25) is 0 Å². The molecule has 1 aromatic rings. The Morgan fingerprint density at radius 3 is 2.35 bits per heavy atom. The number of halogens is 1. The Hall–Kier alpha value is -1.26. The van der Waals surface area contributed by atoms with Crippen molar-refractivity contribution in [1.29, 1.82) is 0 Å². The molecule has 0 saturated carbocycles. The van der Waals surface area contributed by atoms with E-state index >= 15 is 0 Å². The van der Waals surface area contributed by atoms with Crippen LogP contribution in [0.4, 0.5) is 5.69 Å². The van der Waals surface area contributed by atoms with Crippen LogP contribution in [-0.4, -0.2) is 55.5 Å². The average molecular weight is 534 g/mol. The minimum absolute atomic E-state index is 0.0342. The van der Waals surface area contributed by atoms with Gasteiger partial charge < -0.3 is 14.4 Å². The van der Waals surface area contributed by atoms with Crippen LogP contribution in [0, 0.1) is 5.92 Å². The van der Waals surface area contributed by atoms with Gasteiger partial charge in [-0.2, -0.15) is 4.99 Å². The molecule has 2 aliphatic rings. The molecule has 0 aromatic heterocycles. The number of hydrogen-bond donors (Lipinski definition) is 0. The van der Waals surface area contributed by atoms with E-state index in [1.165, 1.54) is 11.8 Å². The van der Waals surface area contributed by atoms with E-state index in [2.05, 4.69) is 20.9 Å². The first-order chi connectivity index (χ1) is 14.7. The molecule has 2 atom stereocenters. The van der Waals surface area contributed by atoms with Crippen LogP contribution in [0.1, 0.15) is 40.5 Å². The van der Waals surface area contributed by atoms with Crippen molar-refractivity contribution in [2.24, 2.45) is 10.9 Å². The van der Waals surface area contributed by atoms with Gasteiger partial charge in [-0.1, -0.05) is 25.6 Å². The highest BCUT2D eigenvalue weighted by molar-refractivity contribution is 9.10. The maximum atomic E-state index is 12.8. The van der Waals surface area contributed by atoms with Gasteiger partial charge >= 0.3 is 0 Å². The second kappa shape index (κ2) is 10.1. The first-order valence-corrected chi connectivity index (χ1v) is 14.1. The second-order valence-electron chi connectivity index (χ2n) is 7.53. The van der Waals surface area contributed by atoms with Crippen LogP contribution in [0.15, 0.2) is 21.6 Å². The number of carbonyl (C=O) groups excluding carboxylic acids is 1. The smallest absolute Gasteiger partial charge is 0.251 e. The molecule has 1 aromatic carbocycles. The number of ether oxygens (including phenoxy) is 2. The number of nitrogens with zero attached hydrogens (tertiary/aromatic N) is 2. The molecule has 2 heterocycles. The van der Waals surface area contributed by atoms with Crippen molar-refractivity contribution >= 4 is 54.3 Å². The molecule has 0 N–H and O–H groups in total. The Kier molecular flexibility index (Phi) is 7.96. The zero-order chi connectivity index (χ0) is 22.8. The van der Waals surface area contributed by atoms with Gasteiger partial charge in [0.15, 0.2) is 26.5 Å². The van der Waals surface area contributed by atoms with Crippen LogP contribution in [0.5, 0.6) is 11.5 Å². The van der Waals surface area contributed by atoms with Gasteiger partial charge in [0, 0.05) is 27.8 Å². The molecule has 2 aliphatic heterocycles. The largest absolute Gasteiger partial charge is 0.490 e. The van der Waals surface area contributed by atoms with Crippen molar-refractivity contribution in [2.45, 2.75) is 51.8 Å². The molecule has 1 amide bonds. The standard InChI is InChI=1S/C21H29BrN2O5S2/c1-5-13(6-2)20(25)23-21-24(16-11-31(26,27)12-19(16)30-21)15-10-18(29-8-4)17(28-7-3)9-14(15)22/h9-10,13,16,19H,5-8,11-12H2,1-4H3. The lowest BCUT2D eigenvalue weighted by molar-refractivity contribution is -0.121. The van der Waals surface area contributed by atoms with Crippen molar-refractivity contribution in [1.82, 2.24) is 0 Å². The second-order valence-corrected chi connectivity index (χ2v) is 11.7. The highest BCUT2D eigenvalue weighted by Crippen LogP contribution is 2.46. The van der Waals surface area contributed by atoms with Crippen LogP contribution in [0.25, 0.3) is 0 Å². The van der Waals surface area contributed by atoms with Gasteiger partial charge in [0.1, 0.15) is 0 Å². The molecule has 7 nitrogen and oxygen atoms in total. The van der Waals surface area contributed by atoms with Gasteiger partial charge in [0.25, 0.3) is 5.91 Å². The van der Waals surface area contributed by atoms with E-state index in [1.807, 2.05) is 44.7 Å². The lowest BCUT2D eigenvalue weighted by atomic mass is 10.0. The Balaban J connectivity index is 2.09. The van der Waals surface area contributed by atoms with E-state index in [0.717, 1.165) is 23.0 Å². The summed E-state index contributed by atoms with van der Waals surface area (Å²) in [6, 6.07) is 3.38. The normalized spacial score (nSPS) is 23.4. The molecule has 2 unspecified atom stereocenters. The predicted octanol–water partition coefficient (Wildman–Crippen LogP) is 4.28. The lowest BCUT2D eigenvalue weighted by Gasteiger charge is -2.27. The summed E-state index contributed by atoms with van der Waals surface area (Å²) in [5, 5.41) is 0.390. The van der Waals surface area contributed by atoms with Gasteiger partial charge in [-0.15, -0.1) is 0 Å². The number of amides is 1. The number of fused-ring (bicyclic) bond motifs is 1. The summed E-state index contributed by atoms with van der Waals surface area (Å²) in [6.45, 7) is 8.70. The van der Waals surface area contributed by atoms with E-state index in [4.69, 9.17) is 9.47 Å². The number of anilines is 1. The van der Waals surface area contributed by atoms with Crippen LogP contribution in [-0.2, 0) is 14.6 Å². The SMILES string of the molecule is CCOc1cc(Br)c(N2C(=NC(=O)C(CC)CC)SC3CS(=O)(=O)CC32)cc1OCC. The maximum Gasteiger partial charge on any atom is 0.251 e. The first kappa shape index (κ1) is 24.4. The Bertz CT molecular complexity index is 963. The fourth-order valence-corrected chi connectivity index (χ4v) is 8.34. The van der Waals surface area contributed by atoms with Gasteiger partial charge in [0.05, 0.1) is 36.4 Å². The monoisotopic (exact) mass is 532 g/mol. The topological polar surface area (TPSA) is 85.3 Å². The molecule has 0 bridgehead atoms. The predicted molar refractivity (Wildman–Crippen MR) is 129 cm³/mol. The van der Waals surface area contributed by atoms with E-state index in [9.17, 15) is 13.2 Å². The van der Waals surface area contributed by atoms with Crippen molar-refractivity contribution < 1.29 is 22.7 Å². The highest BCUT2D eigenvalue weighted by atomic mass is 79.9. The number of aliphatic imine (C=N–C) groups is 1. The van der Waals surface area contributed by atoms with Crippen molar-refractivity contribution in [2.75, 3.05) is 29.6 Å². The highest BCUT2D eigenvalue weighted by Gasteiger charge is 2.50. The number of benzene rings is 1. The van der Waals surface area contributed by atoms with Gasteiger partial charge in [-0.05, 0) is 42.6 Å². The van der Waals surface area contributed by atoms with E-state index in [1.54, 1.807) is 0 Å². The molecule has 2 saturated heterocycles. The van der Waals surface area contributed by atoms with E-state index < -0.39 is 9.84 Å². The molecular formula is C21H29BrN2O5S2. The molecule has 10 heteroatoms. The van der Waals surface area contributed by atoms with E-state index in [-0.39, 0.29) is 34.6 Å². The van der Waals surface area contributed by atoms with Gasteiger partial charge in [0.2, 0.25) is 0 Å². The quantitative estimate of drug-likeness (QED) is 0.493. The third-order valence-corrected chi connectivity index (χ3v) is 9.32. The van der Waals surface area contributed by atoms with Crippen molar-refractivity contribution in [3.8, 4) is 11.5 Å². The third kappa shape index (κ3) is 5.22. The molecule has 0 radical (unpaired) electrons. The fraction of sp³-hybridized carbons (Fsp3) is 0.619. The number of sulfone groups is 1. The summed E-state index contributed by atoms with van der Waals surface area (Å²) in [6.07, 6.45) is 1.44. The third-order valence-electron chi connectivity index (χ3n) is 5.48. The minimum Gasteiger partial charge on any atom is -0.490 e. The summed E-state index contributed by atoms with van der Waals surface area (Å²) in [7, 11) is -3.15. The zero-order valence-electron chi connectivity index (χ0n) is 18.3. The molecular weight excluding hydrogens is 504 g/mol. The van der Waals surface area contributed by atoms with Crippen LogP contribution >= 0.6 is 27.7 Å². The summed E-state index contributed by atoms with van der Waals surface area (Å²) in [5.41, 5.74) is 0.722. The van der Waals surface area contributed by atoms with Gasteiger partial charge in [-0.25, -0.2) is 8.42 Å². The number of carbonyl (C=O) groups is 1. The maximum absolute atomic E-state index is 12.8. The number of amidine groups is 1. The summed E-state index contributed by atoms with van der Waals surface area (Å²) in [4.78, 5) is 19.1. The molecule has 172 valence electrons. The number of rotatable bonds is 8. The molecule has 0 spiro atoms. The Labute approximate surface area is 197 Å². The Morgan fingerprint density at radius 2 is 1.77 bits per heavy atom. The number of hydrogen-bond acceptors (Lipinski definition) is 6. The van der Waals surface area contributed by atoms with Crippen LogP contribution < -0.4 is 14.4 Å². The number of thioether (sulfide) groups is 1. The van der Waals surface area contributed by atoms with Crippen molar-refractivity contribution in [3.05, 3.63) is 16.6 Å². The zero-order valence-corrected chi connectivity index (χ0v) is 21.5. The Morgan fingerprint density at radius 1 is 1.16 bits per heavy atom. The van der Waals surface area contributed by atoms with E-state index in [0.29, 0.717) is 29.9 Å². The summed E-state index contributed by atoms with van der Waals surface area (Å²) >= 11 is 4.99. The molecule has 2 fully saturated rings. The summed E-state index contributed by atoms with van der Waals surface area (Å²) in [5.74, 6) is 1.00. The lowest BCUT2D eigenvalue weighted by Crippen LogP contribution is -2.38. The fourth-order valence-electron chi connectivity index (χ4n) is 3.92. The summed E-state index contributed by atoms with van der Waals surface area (Å²) < 4.78 is 36.9. The first-order valence-electron chi connectivity index (χ1n) is 10.6. The average Bonchev–Trinajstić information content (AvgIpc) is 3.16.